The number of benzene rings is 1. The van der Waals surface area contributed by atoms with Crippen molar-refractivity contribution in [3.05, 3.63) is 63.9 Å². The van der Waals surface area contributed by atoms with Crippen molar-refractivity contribution in [1.82, 2.24) is 20.5 Å². The van der Waals surface area contributed by atoms with Crippen LogP contribution in [0.4, 0.5) is 22.4 Å². The molecular formula is C19H17ClF4N4O2. The van der Waals surface area contributed by atoms with E-state index in [1.807, 2.05) is 0 Å². The van der Waals surface area contributed by atoms with E-state index >= 15 is 0 Å². The number of piperazine rings is 1. The first-order valence-electron chi connectivity index (χ1n) is 8.93. The fraction of sp³-hybridized carbons (Fsp3) is 0.316. The van der Waals surface area contributed by atoms with Crippen molar-refractivity contribution >= 4 is 23.5 Å². The predicted molar refractivity (Wildman–Crippen MR) is 100 cm³/mol. The van der Waals surface area contributed by atoms with Gasteiger partial charge in [-0.1, -0.05) is 23.7 Å². The minimum absolute atomic E-state index is 0.170. The van der Waals surface area contributed by atoms with Crippen LogP contribution in [0.2, 0.25) is 5.02 Å². The first-order chi connectivity index (χ1) is 14.2. The molecule has 6 nitrogen and oxygen atoms in total. The van der Waals surface area contributed by atoms with Gasteiger partial charge in [-0.3, -0.25) is 9.78 Å². The molecule has 1 saturated heterocycles. The fourth-order valence-corrected chi connectivity index (χ4v) is 3.26. The number of hydrogen-bond donors (Lipinski definition) is 2. The van der Waals surface area contributed by atoms with Crippen LogP contribution in [0.1, 0.15) is 36.2 Å². The number of pyridine rings is 1. The molecule has 30 heavy (non-hydrogen) atoms. The zero-order valence-electron chi connectivity index (χ0n) is 15.6. The first-order valence-corrected chi connectivity index (χ1v) is 9.30. The van der Waals surface area contributed by atoms with Gasteiger partial charge in [-0.25, -0.2) is 22.4 Å². The molecule has 2 N–H and O–H groups in total. The maximum absolute atomic E-state index is 14.7. The van der Waals surface area contributed by atoms with Crippen molar-refractivity contribution in [2.24, 2.45) is 0 Å². The highest BCUT2D eigenvalue weighted by molar-refractivity contribution is 6.31. The number of aromatic nitrogens is 1. The van der Waals surface area contributed by atoms with Crippen LogP contribution in [-0.2, 0) is 4.79 Å². The molecule has 11 heteroatoms. The van der Waals surface area contributed by atoms with Gasteiger partial charge in [0.2, 0.25) is 5.91 Å². The van der Waals surface area contributed by atoms with Crippen molar-refractivity contribution in [1.29, 1.82) is 0 Å². The Kier molecular flexibility index (Phi) is 6.45. The van der Waals surface area contributed by atoms with Crippen molar-refractivity contribution in [2.45, 2.75) is 25.4 Å². The number of carbonyl (C=O) groups excluding carboxylic acids is 2. The zero-order chi connectivity index (χ0) is 22.0. The van der Waals surface area contributed by atoms with Gasteiger partial charge < -0.3 is 15.5 Å². The Labute approximate surface area is 174 Å². The number of amides is 3. The van der Waals surface area contributed by atoms with Gasteiger partial charge in [-0.2, -0.15) is 0 Å². The smallest absolute Gasteiger partial charge is 0.318 e. The quantitative estimate of drug-likeness (QED) is 0.559. The second-order valence-corrected chi connectivity index (χ2v) is 7.00. The Balaban J connectivity index is 1.98. The third-order valence-electron chi connectivity index (χ3n) is 4.77. The van der Waals surface area contributed by atoms with Gasteiger partial charge >= 0.3 is 6.03 Å². The van der Waals surface area contributed by atoms with Gasteiger partial charge in [0.05, 0.1) is 6.04 Å². The molecule has 0 radical (unpaired) electrons. The summed E-state index contributed by atoms with van der Waals surface area (Å²) in [5.74, 6) is -2.45. The Morgan fingerprint density at radius 1 is 1.30 bits per heavy atom. The van der Waals surface area contributed by atoms with Gasteiger partial charge in [0.1, 0.15) is 28.4 Å². The third-order valence-corrected chi connectivity index (χ3v) is 5.12. The summed E-state index contributed by atoms with van der Waals surface area (Å²) in [6, 6.07) is 1.63. The van der Waals surface area contributed by atoms with Crippen molar-refractivity contribution < 1.29 is 27.2 Å². The monoisotopic (exact) mass is 444 g/mol. The molecular weight excluding hydrogens is 428 g/mol. The Hall–Kier alpha value is -2.88. The Morgan fingerprint density at radius 2 is 2.03 bits per heavy atom. The lowest BCUT2D eigenvalue weighted by molar-refractivity contribution is -0.126. The average Bonchev–Trinajstić information content (AvgIpc) is 2.73. The van der Waals surface area contributed by atoms with Crippen LogP contribution in [0.15, 0.2) is 30.5 Å². The fourth-order valence-electron chi connectivity index (χ4n) is 3.09. The molecule has 1 aromatic heterocycles. The molecule has 1 fully saturated rings. The Bertz CT molecular complexity index is 958. The van der Waals surface area contributed by atoms with Crippen LogP contribution in [0, 0.1) is 11.6 Å². The summed E-state index contributed by atoms with van der Waals surface area (Å²) in [6.07, 6.45) is -1.74. The van der Waals surface area contributed by atoms with E-state index in [9.17, 15) is 27.2 Å². The third kappa shape index (κ3) is 4.33. The predicted octanol–water partition coefficient (Wildman–Crippen LogP) is 3.57. The number of urea groups is 1. The van der Waals surface area contributed by atoms with Crippen LogP contribution in [0.25, 0.3) is 0 Å². The van der Waals surface area contributed by atoms with E-state index in [2.05, 4.69) is 15.6 Å². The lowest BCUT2D eigenvalue weighted by Gasteiger charge is -2.34. The number of carbonyl (C=O) groups is 2. The van der Waals surface area contributed by atoms with Crippen LogP contribution >= 0.6 is 11.6 Å². The minimum atomic E-state index is -2.81. The summed E-state index contributed by atoms with van der Waals surface area (Å²) in [7, 11) is 0. The average molecular weight is 445 g/mol. The molecule has 1 aromatic carbocycles. The minimum Gasteiger partial charge on any atom is -0.353 e. The molecule has 1 aliphatic rings. The summed E-state index contributed by atoms with van der Waals surface area (Å²) in [6.45, 7) is 1.97. The van der Waals surface area contributed by atoms with E-state index in [-0.39, 0.29) is 30.1 Å². The normalized spacial score (nSPS) is 17.6. The molecule has 0 bridgehead atoms. The molecule has 0 spiro atoms. The number of halogens is 5. The molecule has 1 unspecified atom stereocenters. The van der Waals surface area contributed by atoms with Crippen LogP contribution < -0.4 is 10.6 Å². The summed E-state index contributed by atoms with van der Waals surface area (Å²) >= 11 is 5.67. The van der Waals surface area contributed by atoms with Crippen LogP contribution in [0.5, 0.6) is 0 Å². The maximum atomic E-state index is 14.7. The van der Waals surface area contributed by atoms with E-state index in [0.29, 0.717) is 0 Å². The first kappa shape index (κ1) is 21.8. The van der Waals surface area contributed by atoms with Gasteiger partial charge in [-0.15, -0.1) is 0 Å². The molecule has 3 rings (SSSR count). The summed E-state index contributed by atoms with van der Waals surface area (Å²) < 4.78 is 53.9. The van der Waals surface area contributed by atoms with Crippen molar-refractivity contribution in [3.8, 4) is 0 Å². The molecule has 160 valence electrons. The molecule has 3 amide bonds. The van der Waals surface area contributed by atoms with E-state index in [4.69, 9.17) is 11.6 Å². The molecule has 2 atom stereocenters. The second kappa shape index (κ2) is 8.86. The maximum Gasteiger partial charge on any atom is 0.318 e. The van der Waals surface area contributed by atoms with E-state index in [0.717, 1.165) is 24.4 Å². The molecule has 0 aliphatic carbocycles. The van der Waals surface area contributed by atoms with E-state index in [1.165, 1.54) is 17.9 Å². The van der Waals surface area contributed by atoms with Crippen molar-refractivity contribution in [3.63, 3.8) is 0 Å². The topological polar surface area (TPSA) is 74.3 Å². The molecule has 0 saturated carbocycles. The van der Waals surface area contributed by atoms with Gasteiger partial charge in [0.15, 0.2) is 0 Å². The number of rotatable bonds is 4. The second-order valence-electron chi connectivity index (χ2n) is 6.62. The van der Waals surface area contributed by atoms with Gasteiger partial charge in [0, 0.05) is 24.8 Å². The number of nitrogens with one attached hydrogen (secondary N) is 2. The molecule has 2 heterocycles. The SMILES string of the molecule is C[C@@H]1C(=O)NCCN1C(=O)NC(c1ccc(C(F)F)nc1)c1ccc(F)c(Cl)c1F. The highest BCUT2D eigenvalue weighted by Gasteiger charge is 2.32. The van der Waals surface area contributed by atoms with Crippen LogP contribution in [-0.4, -0.2) is 41.0 Å². The van der Waals surface area contributed by atoms with E-state index in [1.54, 1.807) is 0 Å². The highest BCUT2D eigenvalue weighted by atomic mass is 35.5. The number of hydrogen-bond acceptors (Lipinski definition) is 3. The molecule has 2 aromatic rings. The summed E-state index contributed by atoms with van der Waals surface area (Å²) in [4.78, 5) is 29.5. The standard InChI is InChI=1S/C19H17ClF4N4O2/c1-9-18(29)25-6-7-28(9)19(30)27-16(10-2-5-13(17(23)24)26-8-10)11-3-4-12(21)14(20)15(11)22/h2-5,8-9,16-17H,6-7H2,1H3,(H,25,29)(H,27,30)/t9-,16?/m1/s1. The largest absolute Gasteiger partial charge is 0.353 e. The molecule has 1 aliphatic heterocycles. The highest BCUT2D eigenvalue weighted by Crippen LogP contribution is 2.31. The summed E-state index contributed by atoms with van der Waals surface area (Å²) in [5, 5.41) is 4.41. The lowest BCUT2D eigenvalue weighted by Crippen LogP contribution is -2.58. The van der Waals surface area contributed by atoms with Gasteiger partial charge in [0.25, 0.3) is 6.43 Å². The number of nitrogens with zero attached hydrogens (tertiary/aromatic N) is 2. The van der Waals surface area contributed by atoms with Crippen molar-refractivity contribution in [2.75, 3.05) is 13.1 Å². The Morgan fingerprint density at radius 3 is 2.67 bits per heavy atom. The number of alkyl halides is 2. The zero-order valence-corrected chi connectivity index (χ0v) is 16.4. The summed E-state index contributed by atoms with van der Waals surface area (Å²) in [5.41, 5.74) is -0.512. The lowest BCUT2D eigenvalue weighted by atomic mass is 9.99. The van der Waals surface area contributed by atoms with E-state index < -0.39 is 46.9 Å². The van der Waals surface area contributed by atoms with Crippen LogP contribution in [0.3, 0.4) is 0 Å². The van der Waals surface area contributed by atoms with Gasteiger partial charge in [-0.05, 0) is 24.6 Å².